The maximum atomic E-state index is 11.1. The summed E-state index contributed by atoms with van der Waals surface area (Å²) in [5.74, 6) is 1.57. The van der Waals surface area contributed by atoms with Gasteiger partial charge >= 0.3 is 0 Å². The molecule has 1 saturated heterocycles. The van der Waals surface area contributed by atoms with E-state index >= 15 is 0 Å². The van der Waals surface area contributed by atoms with Gasteiger partial charge in [0.1, 0.15) is 0 Å². The minimum Gasteiger partial charge on any atom is -0.413 e. The molecule has 0 bridgehead atoms. The molecule has 2 rings (SSSR count). The summed E-state index contributed by atoms with van der Waals surface area (Å²) in [7, 11) is -0.0980. The summed E-state index contributed by atoms with van der Waals surface area (Å²) < 4.78 is 18.7. The Hall–Kier alpha value is -0.983. The quantitative estimate of drug-likeness (QED) is 0.174. The van der Waals surface area contributed by atoms with E-state index in [1.165, 1.54) is 5.56 Å². The number of hydrogen-bond donors (Lipinski definition) is 1. The molecule has 212 valence electrons. The van der Waals surface area contributed by atoms with Crippen LogP contribution in [0.5, 0.6) is 0 Å². The van der Waals surface area contributed by atoms with Crippen LogP contribution in [0.1, 0.15) is 73.8 Å². The van der Waals surface area contributed by atoms with E-state index in [4.69, 9.17) is 13.9 Å². The first-order valence-electron chi connectivity index (χ1n) is 14.9. The number of aliphatic hydroxyl groups is 1. The van der Waals surface area contributed by atoms with Crippen LogP contribution in [0.25, 0.3) is 0 Å². The first kappa shape index (κ1) is 32.2. The Morgan fingerprint density at radius 3 is 2.19 bits per heavy atom. The zero-order valence-electron chi connectivity index (χ0n) is 25.2. The lowest BCUT2D eigenvalue weighted by Gasteiger charge is -2.40. The van der Waals surface area contributed by atoms with Crippen LogP contribution in [0, 0.1) is 29.6 Å². The molecular formula is C32H56O4Si. The van der Waals surface area contributed by atoms with Crippen molar-refractivity contribution < 1.29 is 19.0 Å². The summed E-state index contributed by atoms with van der Waals surface area (Å²) in [5.41, 5.74) is 1.41. The molecule has 37 heavy (non-hydrogen) atoms. The number of ether oxygens (including phenoxy) is 2. The number of benzene rings is 1. The second-order valence-electron chi connectivity index (χ2n) is 11.8. The van der Waals surface area contributed by atoms with Crippen molar-refractivity contribution in [3.8, 4) is 0 Å². The van der Waals surface area contributed by atoms with E-state index in [9.17, 15) is 5.11 Å². The highest BCUT2D eigenvalue weighted by atomic mass is 28.4. The molecule has 1 aliphatic rings. The van der Waals surface area contributed by atoms with Crippen molar-refractivity contribution >= 4 is 8.32 Å². The molecule has 1 heterocycles. The molecule has 0 radical (unpaired) electrons. The van der Waals surface area contributed by atoms with Crippen LogP contribution in [0.2, 0.25) is 18.1 Å². The number of aryl methyl sites for hydroxylation is 1. The van der Waals surface area contributed by atoms with Crippen molar-refractivity contribution in [3.05, 3.63) is 48.0 Å². The maximum Gasteiger partial charge on any atom is 0.192 e. The minimum absolute atomic E-state index is 0.00390. The summed E-state index contributed by atoms with van der Waals surface area (Å²) >= 11 is 0. The molecule has 0 spiro atoms. The summed E-state index contributed by atoms with van der Waals surface area (Å²) in [6.45, 7) is 18.2. The van der Waals surface area contributed by atoms with Crippen molar-refractivity contribution in [2.24, 2.45) is 29.6 Å². The zero-order chi connectivity index (χ0) is 27.6. The second kappa shape index (κ2) is 15.6. The highest BCUT2D eigenvalue weighted by Gasteiger charge is 2.39. The van der Waals surface area contributed by atoms with Crippen LogP contribution in [0.4, 0.5) is 0 Å². The lowest BCUT2D eigenvalue weighted by Crippen LogP contribution is -2.45. The number of hydrogen-bond acceptors (Lipinski definition) is 4. The van der Waals surface area contributed by atoms with Gasteiger partial charge in [-0.25, -0.2) is 0 Å². The molecule has 5 heteroatoms. The molecule has 0 saturated carbocycles. The Morgan fingerprint density at radius 2 is 1.65 bits per heavy atom. The molecular weight excluding hydrogens is 476 g/mol. The Labute approximate surface area is 229 Å². The summed E-state index contributed by atoms with van der Waals surface area (Å²) in [5, 5.41) is 11.1. The first-order valence-corrected chi connectivity index (χ1v) is 17.4. The molecule has 9 atom stereocenters. The largest absolute Gasteiger partial charge is 0.413 e. The van der Waals surface area contributed by atoms with Crippen molar-refractivity contribution in [3.63, 3.8) is 0 Å². The third-order valence-corrected chi connectivity index (χ3v) is 14.0. The van der Waals surface area contributed by atoms with Gasteiger partial charge in [0, 0.05) is 19.4 Å². The molecule has 1 N–H and O–H groups in total. The van der Waals surface area contributed by atoms with Gasteiger partial charge < -0.3 is 19.0 Å². The lowest BCUT2D eigenvalue weighted by atomic mass is 9.81. The standard InChI is InChI=1S/C32H56O4Si/c1-10-37(11-2,12-3)36-32(26(7)23(4)18-20-28-16-14-13-15-17-28)24(5)19-21-29(33)27(8)31-25(6)22-30(34-9)35-31/h13-17,19,21,23-27,29-33H,10-12,18,20,22H2,1-9H3/b21-19+/t23-,24-,25+,26+,27-,29+,30-,31+,32?/m0/s1. The topological polar surface area (TPSA) is 47.9 Å². The van der Waals surface area contributed by atoms with Crippen LogP contribution in [0.15, 0.2) is 42.5 Å². The Bertz CT molecular complexity index is 772. The van der Waals surface area contributed by atoms with Crippen molar-refractivity contribution in [2.75, 3.05) is 7.11 Å². The van der Waals surface area contributed by atoms with Gasteiger partial charge in [-0.2, -0.15) is 0 Å². The fourth-order valence-electron chi connectivity index (χ4n) is 5.97. The van der Waals surface area contributed by atoms with E-state index in [1.54, 1.807) is 7.11 Å². The molecule has 1 fully saturated rings. The monoisotopic (exact) mass is 532 g/mol. The smallest absolute Gasteiger partial charge is 0.192 e. The second-order valence-corrected chi connectivity index (χ2v) is 16.5. The van der Waals surface area contributed by atoms with Gasteiger partial charge in [-0.3, -0.25) is 0 Å². The first-order chi connectivity index (χ1) is 17.6. The van der Waals surface area contributed by atoms with E-state index in [-0.39, 0.29) is 30.3 Å². The molecule has 4 nitrogen and oxygen atoms in total. The van der Waals surface area contributed by atoms with Crippen molar-refractivity contribution in [1.29, 1.82) is 0 Å². The number of methoxy groups -OCH3 is 1. The van der Waals surface area contributed by atoms with Gasteiger partial charge in [0.25, 0.3) is 0 Å². The molecule has 1 aromatic carbocycles. The summed E-state index contributed by atoms with van der Waals surface area (Å²) in [6.07, 6.45) is 6.77. The van der Waals surface area contributed by atoms with Crippen LogP contribution in [0.3, 0.4) is 0 Å². The lowest BCUT2D eigenvalue weighted by molar-refractivity contribution is -0.134. The van der Waals surface area contributed by atoms with Gasteiger partial charge in [-0.1, -0.05) is 97.9 Å². The molecule has 1 aliphatic heterocycles. The maximum absolute atomic E-state index is 11.1. The van der Waals surface area contributed by atoms with E-state index in [0.717, 1.165) is 37.4 Å². The molecule has 1 aromatic rings. The van der Waals surface area contributed by atoms with E-state index < -0.39 is 14.4 Å². The molecule has 1 unspecified atom stereocenters. The Balaban J connectivity index is 2.14. The van der Waals surface area contributed by atoms with Gasteiger partial charge in [-0.05, 0) is 60.2 Å². The average Bonchev–Trinajstić information content (AvgIpc) is 3.31. The third-order valence-electron chi connectivity index (χ3n) is 9.35. The van der Waals surface area contributed by atoms with Crippen LogP contribution in [-0.4, -0.2) is 45.1 Å². The van der Waals surface area contributed by atoms with E-state index in [1.807, 2.05) is 6.08 Å². The van der Waals surface area contributed by atoms with Gasteiger partial charge in [-0.15, -0.1) is 0 Å². The predicted octanol–water partition coefficient (Wildman–Crippen LogP) is 7.87. The van der Waals surface area contributed by atoms with Gasteiger partial charge in [0.05, 0.1) is 18.3 Å². The molecule has 0 amide bonds. The SMILES string of the molecule is CC[Si](CC)(CC)OC([C@@H](C)/C=C/[C@@H](O)[C@H](C)[C@@H]1O[C@H](OC)C[C@H]1C)[C@H](C)[C@@H](C)CCc1ccccc1. The highest BCUT2D eigenvalue weighted by molar-refractivity contribution is 6.73. The van der Waals surface area contributed by atoms with Gasteiger partial charge in [0.2, 0.25) is 0 Å². The highest BCUT2D eigenvalue weighted by Crippen LogP contribution is 2.35. The third kappa shape index (κ3) is 9.03. The fraction of sp³-hybridized carbons (Fsp3) is 0.750. The minimum atomic E-state index is -1.79. The Kier molecular flexibility index (Phi) is 13.6. The van der Waals surface area contributed by atoms with Crippen LogP contribution < -0.4 is 0 Å². The predicted molar refractivity (Wildman–Crippen MR) is 158 cm³/mol. The fourth-order valence-corrected chi connectivity index (χ4v) is 8.98. The Morgan fingerprint density at radius 1 is 1.03 bits per heavy atom. The number of rotatable bonds is 16. The molecule has 0 aliphatic carbocycles. The van der Waals surface area contributed by atoms with Crippen molar-refractivity contribution in [2.45, 2.75) is 117 Å². The summed E-state index contributed by atoms with van der Waals surface area (Å²) in [6, 6.07) is 14.2. The average molecular weight is 533 g/mol. The van der Waals surface area contributed by atoms with Crippen LogP contribution in [-0.2, 0) is 20.3 Å². The zero-order valence-corrected chi connectivity index (χ0v) is 26.2. The van der Waals surface area contributed by atoms with Gasteiger partial charge in [0.15, 0.2) is 14.6 Å². The van der Waals surface area contributed by atoms with E-state index in [0.29, 0.717) is 17.8 Å². The van der Waals surface area contributed by atoms with Crippen molar-refractivity contribution in [1.82, 2.24) is 0 Å². The summed E-state index contributed by atoms with van der Waals surface area (Å²) in [4.78, 5) is 0. The normalized spacial score (nSPS) is 25.6. The van der Waals surface area contributed by atoms with E-state index in [2.05, 4.69) is 91.8 Å². The van der Waals surface area contributed by atoms with Crippen LogP contribution >= 0.6 is 0 Å². The molecule has 0 aromatic heterocycles. The number of aliphatic hydroxyl groups excluding tert-OH is 1.